The van der Waals surface area contributed by atoms with Crippen LogP contribution in [0.4, 0.5) is 0 Å². The van der Waals surface area contributed by atoms with E-state index in [1.54, 1.807) is 0 Å². The van der Waals surface area contributed by atoms with E-state index in [4.69, 9.17) is 9.05 Å². The highest BCUT2D eigenvalue weighted by molar-refractivity contribution is 7.54. The number of unbranched alkanes of at least 4 members (excludes halogenated alkanes) is 7. The van der Waals surface area contributed by atoms with Crippen LogP contribution in [-0.4, -0.2) is 12.8 Å². The van der Waals surface area contributed by atoms with Gasteiger partial charge in [-0.25, -0.2) is 4.57 Å². The lowest BCUT2D eigenvalue weighted by molar-refractivity contribution is 0.279. The van der Waals surface area contributed by atoms with Gasteiger partial charge in [-0.05, 0) is 24.8 Å². The fourth-order valence-electron chi connectivity index (χ4n) is 3.20. The molecule has 0 aliphatic carbocycles. The molecule has 26 heavy (non-hydrogen) atoms. The largest absolute Gasteiger partial charge is 0.424 e. The van der Waals surface area contributed by atoms with Gasteiger partial charge < -0.3 is 9.05 Å². The number of benzene rings is 2. The van der Waals surface area contributed by atoms with Crippen LogP contribution in [0.15, 0.2) is 42.5 Å². The second kappa shape index (κ2) is 11.4. The Hall–Kier alpha value is -1.31. The second-order valence-corrected chi connectivity index (χ2v) is 8.91. The van der Waals surface area contributed by atoms with Crippen LogP contribution in [0, 0.1) is 0 Å². The lowest BCUT2D eigenvalue weighted by Gasteiger charge is -2.19. The van der Waals surface area contributed by atoms with Crippen molar-refractivity contribution in [3.63, 3.8) is 0 Å². The van der Waals surface area contributed by atoms with Crippen molar-refractivity contribution in [1.82, 2.24) is 0 Å². The molecule has 0 bridgehead atoms. The summed E-state index contributed by atoms with van der Waals surface area (Å²) in [5, 5.41) is 2.06. The maximum atomic E-state index is 13.2. The van der Waals surface area contributed by atoms with Crippen molar-refractivity contribution in [1.29, 1.82) is 0 Å². The van der Waals surface area contributed by atoms with Gasteiger partial charge in [-0.2, -0.15) is 0 Å². The lowest BCUT2D eigenvalue weighted by Crippen LogP contribution is -2.03. The molecule has 1 atom stereocenters. The molecule has 2 aromatic rings. The fourth-order valence-corrected chi connectivity index (χ4v) is 4.93. The summed E-state index contributed by atoms with van der Waals surface area (Å²) in [6, 6.07) is 13.8. The minimum Gasteiger partial charge on any atom is -0.424 e. The number of hydrogen-bond acceptors (Lipinski definition) is 3. The molecule has 0 spiro atoms. The van der Waals surface area contributed by atoms with Crippen LogP contribution in [-0.2, 0) is 9.09 Å². The smallest absolute Gasteiger partial charge is 0.379 e. The van der Waals surface area contributed by atoms with Gasteiger partial charge in [0.2, 0.25) is 0 Å². The highest BCUT2D eigenvalue weighted by Gasteiger charge is 2.25. The summed E-state index contributed by atoms with van der Waals surface area (Å²) < 4.78 is 24.7. The molecule has 4 heteroatoms. The molecule has 0 fully saturated rings. The van der Waals surface area contributed by atoms with Gasteiger partial charge in [0.1, 0.15) is 5.75 Å². The van der Waals surface area contributed by atoms with E-state index in [-0.39, 0.29) is 0 Å². The summed E-state index contributed by atoms with van der Waals surface area (Å²) in [4.78, 5) is 0. The predicted octanol–water partition coefficient (Wildman–Crippen LogP) is 7.59. The number of rotatable bonds is 13. The van der Waals surface area contributed by atoms with Gasteiger partial charge in [0.05, 0.1) is 12.8 Å². The van der Waals surface area contributed by atoms with Gasteiger partial charge in [-0.15, -0.1) is 0 Å². The third kappa shape index (κ3) is 6.78. The van der Waals surface area contributed by atoms with Crippen LogP contribution in [0.25, 0.3) is 10.8 Å². The van der Waals surface area contributed by atoms with Crippen LogP contribution in [0.3, 0.4) is 0 Å². The minimum absolute atomic E-state index is 0.402. The molecule has 3 nitrogen and oxygen atoms in total. The zero-order valence-electron chi connectivity index (χ0n) is 16.3. The van der Waals surface area contributed by atoms with Crippen LogP contribution in [0.5, 0.6) is 5.75 Å². The van der Waals surface area contributed by atoms with Crippen molar-refractivity contribution in [2.75, 3.05) is 12.8 Å². The van der Waals surface area contributed by atoms with Crippen LogP contribution >= 0.6 is 7.60 Å². The van der Waals surface area contributed by atoms with Gasteiger partial charge in [0.15, 0.2) is 0 Å². The highest BCUT2D eigenvalue weighted by atomic mass is 31.2. The van der Waals surface area contributed by atoms with Crippen LogP contribution in [0.2, 0.25) is 0 Å². The molecule has 0 aliphatic heterocycles. The van der Waals surface area contributed by atoms with E-state index < -0.39 is 7.60 Å². The molecule has 0 aliphatic rings. The van der Waals surface area contributed by atoms with E-state index in [2.05, 4.69) is 6.92 Å². The summed E-state index contributed by atoms with van der Waals surface area (Å²) in [5.74, 6) is 0.652. The first-order valence-electron chi connectivity index (χ1n) is 10.1. The Kier molecular flexibility index (Phi) is 9.22. The molecule has 144 valence electrons. The van der Waals surface area contributed by atoms with Crippen LogP contribution in [0.1, 0.15) is 65.2 Å². The first-order valence-corrected chi connectivity index (χ1v) is 11.8. The number of fused-ring (bicyclic) bond motifs is 1. The van der Waals surface area contributed by atoms with Crippen molar-refractivity contribution in [2.24, 2.45) is 0 Å². The molecule has 2 aromatic carbocycles. The summed E-state index contributed by atoms with van der Waals surface area (Å²) in [5.41, 5.74) is 0. The van der Waals surface area contributed by atoms with Crippen molar-refractivity contribution in [2.45, 2.75) is 65.2 Å². The van der Waals surface area contributed by atoms with E-state index >= 15 is 0 Å². The third-order valence-corrected chi connectivity index (χ3v) is 6.59. The Bertz CT molecular complexity index is 693. The first-order chi connectivity index (χ1) is 12.7. The molecule has 0 radical (unpaired) electrons. The SMILES string of the molecule is CCCCCCCCCCP(=O)(OCC)Oc1cccc2ccccc12. The second-order valence-electron chi connectivity index (χ2n) is 6.80. The van der Waals surface area contributed by atoms with Gasteiger partial charge in [-0.1, -0.05) is 88.3 Å². The molecular weight excluding hydrogens is 343 g/mol. The first kappa shape index (κ1) is 21.0. The summed E-state index contributed by atoms with van der Waals surface area (Å²) in [7, 11) is -3.11. The molecule has 2 rings (SSSR count). The Morgan fingerprint density at radius 3 is 2.19 bits per heavy atom. The van der Waals surface area contributed by atoms with Gasteiger partial charge in [0.25, 0.3) is 0 Å². The van der Waals surface area contributed by atoms with Crippen molar-refractivity contribution in [3.05, 3.63) is 42.5 Å². The Morgan fingerprint density at radius 1 is 0.808 bits per heavy atom. The summed E-state index contributed by atoms with van der Waals surface area (Å²) in [6.45, 7) is 4.51. The van der Waals surface area contributed by atoms with Gasteiger partial charge >= 0.3 is 7.60 Å². The van der Waals surface area contributed by atoms with E-state index in [0.717, 1.165) is 23.6 Å². The Labute approximate surface area is 158 Å². The van der Waals surface area contributed by atoms with Gasteiger partial charge in [0, 0.05) is 5.39 Å². The zero-order valence-corrected chi connectivity index (χ0v) is 17.2. The van der Waals surface area contributed by atoms with Crippen molar-refractivity contribution < 1.29 is 13.6 Å². The Balaban J connectivity index is 1.89. The summed E-state index contributed by atoms with van der Waals surface area (Å²) >= 11 is 0. The molecule has 0 N–H and O–H groups in total. The van der Waals surface area contributed by atoms with Gasteiger partial charge in [-0.3, -0.25) is 0 Å². The van der Waals surface area contributed by atoms with Crippen LogP contribution < -0.4 is 4.52 Å². The molecule has 1 unspecified atom stereocenters. The molecule has 0 saturated heterocycles. The standard InChI is InChI=1S/C22H33O3P/c1-3-5-6-7-8-9-10-13-19-26(23,24-4-2)25-22-18-14-16-20-15-11-12-17-21(20)22/h11-12,14-18H,3-10,13,19H2,1-2H3. The monoisotopic (exact) mass is 376 g/mol. The van der Waals surface area contributed by atoms with Crippen molar-refractivity contribution >= 4 is 18.4 Å². The van der Waals surface area contributed by atoms with E-state index in [9.17, 15) is 4.57 Å². The van der Waals surface area contributed by atoms with Crippen molar-refractivity contribution in [3.8, 4) is 5.75 Å². The molecule has 0 saturated carbocycles. The quantitative estimate of drug-likeness (QED) is 0.267. The lowest BCUT2D eigenvalue weighted by atomic mass is 10.1. The topological polar surface area (TPSA) is 35.5 Å². The summed E-state index contributed by atoms with van der Waals surface area (Å²) in [6.07, 6.45) is 10.2. The van der Waals surface area contributed by atoms with E-state index in [1.807, 2.05) is 49.4 Å². The fraction of sp³-hybridized carbons (Fsp3) is 0.545. The maximum absolute atomic E-state index is 13.2. The zero-order chi connectivity index (χ0) is 18.7. The average Bonchev–Trinajstić information content (AvgIpc) is 2.64. The highest BCUT2D eigenvalue weighted by Crippen LogP contribution is 2.50. The van der Waals surface area contributed by atoms with E-state index in [1.165, 1.54) is 38.5 Å². The minimum atomic E-state index is -3.11. The Morgan fingerprint density at radius 2 is 1.46 bits per heavy atom. The predicted molar refractivity (Wildman–Crippen MR) is 111 cm³/mol. The molecular formula is C22H33O3P. The molecule has 0 aromatic heterocycles. The molecule has 0 amide bonds. The number of hydrogen-bond donors (Lipinski definition) is 0. The third-order valence-electron chi connectivity index (χ3n) is 4.60. The average molecular weight is 376 g/mol. The normalized spacial score (nSPS) is 13.6. The van der Waals surface area contributed by atoms with E-state index in [0.29, 0.717) is 18.5 Å². The maximum Gasteiger partial charge on any atom is 0.379 e. The molecule has 0 heterocycles.